The molecule has 6 heteroatoms. The first-order valence-corrected chi connectivity index (χ1v) is 8.15. The second-order valence-electron chi connectivity index (χ2n) is 7.27. The van der Waals surface area contributed by atoms with Crippen LogP contribution in [0.3, 0.4) is 0 Å². The number of carboxylic acids is 1. The lowest BCUT2D eigenvalue weighted by atomic mass is 9.59. The molecule has 0 saturated heterocycles. The average Bonchev–Trinajstić information content (AvgIpc) is 3.26. The molecule has 1 spiro atoms. The van der Waals surface area contributed by atoms with Crippen LogP contribution >= 0.6 is 0 Å². The molecule has 134 valence electrons. The second kappa shape index (κ2) is 6.39. The van der Waals surface area contributed by atoms with Crippen molar-refractivity contribution in [2.75, 3.05) is 6.54 Å². The third-order valence-electron chi connectivity index (χ3n) is 5.65. The van der Waals surface area contributed by atoms with E-state index in [9.17, 15) is 13.2 Å². The quantitative estimate of drug-likeness (QED) is 0.845. The van der Waals surface area contributed by atoms with E-state index in [-0.39, 0.29) is 0 Å². The number of rotatable bonds is 2. The minimum absolute atomic E-state index is 0.356. The van der Waals surface area contributed by atoms with Gasteiger partial charge in [0.1, 0.15) is 0 Å². The van der Waals surface area contributed by atoms with E-state index >= 15 is 0 Å². The number of carboxylic acid groups (broad SMARTS) is 1. The van der Waals surface area contributed by atoms with Gasteiger partial charge in [-0.3, -0.25) is 0 Å². The minimum Gasteiger partial charge on any atom is -0.475 e. The zero-order valence-electron chi connectivity index (χ0n) is 14.0. The molecule has 3 nitrogen and oxygen atoms in total. The summed E-state index contributed by atoms with van der Waals surface area (Å²) in [6.45, 7) is 5.70. The van der Waals surface area contributed by atoms with Crippen LogP contribution in [0.25, 0.3) is 0 Å². The van der Waals surface area contributed by atoms with Crippen LogP contribution in [-0.4, -0.2) is 23.8 Å². The predicted octanol–water partition coefficient (Wildman–Crippen LogP) is 4.21. The van der Waals surface area contributed by atoms with Gasteiger partial charge in [0.05, 0.1) is 0 Å². The third-order valence-corrected chi connectivity index (χ3v) is 5.65. The highest BCUT2D eigenvalue weighted by atomic mass is 19.4. The van der Waals surface area contributed by atoms with Crippen molar-refractivity contribution in [3.05, 3.63) is 35.4 Å². The molecule has 1 unspecified atom stereocenters. The Morgan fingerprint density at radius 1 is 1.29 bits per heavy atom. The summed E-state index contributed by atoms with van der Waals surface area (Å²) in [5, 5.41) is 7.12. The standard InChI is InChI=1S/C16H23N.C2HF3O2/c1-15(2)14-6-4-3-5-13(14)12(7-10-17)11-16(15)8-9-16;3-2(4,5)1(6)7/h3-6,12H,7-11,17H2,1-2H3;(H,6,7). The molecule has 0 bridgehead atoms. The summed E-state index contributed by atoms with van der Waals surface area (Å²) in [6, 6.07) is 9.05. The zero-order chi connectivity index (χ0) is 18.2. The Hall–Kier alpha value is -1.56. The number of benzene rings is 1. The van der Waals surface area contributed by atoms with Gasteiger partial charge in [0.2, 0.25) is 0 Å². The monoisotopic (exact) mass is 343 g/mol. The molecule has 1 fully saturated rings. The number of hydrogen-bond donors (Lipinski definition) is 2. The number of aliphatic carboxylic acids is 1. The van der Waals surface area contributed by atoms with E-state index in [1.54, 1.807) is 11.1 Å². The van der Waals surface area contributed by atoms with Crippen LogP contribution in [0.15, 0.2) is 24.3 Å². The SMILES string of the molecule is CC1(C)c2ccccc2C(CCN)CC12CC2.O=C(O)C(F)(F)F. The highest BCUT2D eigenvalue weighted by Gasteiger charge is 2.58. The Morgan fingerprint density at radius 3 is 2.29 bits per heavy atom. The van der Waals surface area contributed by atoms with Crippen molar-refractivity contribution >= 4 is 5.97 Å². The number of halogens is 3. The van der Waals surface area contributed by atoms with Gasteiger partial charge in [-0.25, -0.2) is 4.79 Å². The van der Waals surface area contributed by atoms with Gasteiger partial charge in [0, 0.05) is 0 Å². The molecule has 0 radical (unpaired) electrons. The summed E-state index contributed by atoms with van der Waals surface area (Å²) in [7, 11) is 0. The summed E-state index contributed by atoms with van der Waals surface area (Å²) < 4.78 is 31.7. The van der Waals surface area contributed by atoms with Crippen molar-refractivity contribution < 1.29 is 23.1 Å². The number of nitrogens with two attached hydrogens (primary N) is 1. The molecule has 0 aliphatic heterocycles. The number of alkyl halides is 3. The maximum absolute atomic E-state index is 10.6. The largest absolute Gasteiger partial charge is 0.490 e. The third kappa shape index (κ3) is 3.43. The van der Waals surface area contributed by atoms with E-state index < -0.39 is 12.1 Å². The maximum atomic E-state index is 10.6. The fraction of sp³-hybridized carbons (Fsp3) is 0.611. The van der Waals surface area contributed by atoms with Crippen molar-refractivity contribution in [1.29, 1.82) is 0 Å². The molecule has 3 N–H and O–H groups in total. The minimum atomic E-state index is -5.08. The summed E-state index contributed by atoms with van der Waals surface area (Å²) in [5.74, 6) is -2.06. The van der Waals surface area contributed by atoms with Crippen molar-refractivity contribution in [3.63, 3.8) is 0 Å². The van der Waals surface area contributed by atoms with Crippen LogP contribution < -0.4 is 5.73 Å². The molecule has 0 heterocycles. The van der Waals surface area contributed by atoms with Crippen LogP contribution in [0.5, 0.6) is 0 Å². The van der Waals surface area contributed by atoms with E-state index in [0.717, 1.165) is 13.0 Å². The summed E-state index contributed by atoms with van der Waals surface area (Å²) >= 11 is 0. The molecule has 1 aromatic rings. The highest BCUT2D eigenvalue weighted by Crippen LogP contribution is 2.67. The second-order valence-corrected chi connectivity index (χ2v) is 7.27. The summed E-state index contributed by atoms with van der Waals surface area (Å²) in [6.07, 6.45) is 0.244. The van der Waals surface area contributed by atoms with Crippen LogP contribution in [0.4, 0.5) is 13.2 Å². The lowest BCUT2D eigenvalue weighted by molar-refractivity contribution is -0.192. The Balaban J connectivity index is 0.000000256. The first-order chi connectivity index (χ1) is 11.0. The number of fused-ring (bicyclic) bond motifs is 1. The van der Waals surface area contributed by atoms with Gasteiger partial charge < -0.3 is 10.8 Å². The van der Waals surface area contributed by atoms with E-state index in [2.05, 4.69) is 38.1 Å². The topological polar surface area (TPSA) is 63.3 Å². The maximum Gasteiger partial charge on any atom is 0.490 e. The van der Waals surface area contributed by atoms with Gasteiger partial charge in [0.15, 0.2) is 0 Å². The van der Waals surface area contributed by atoms with Crippen molar-refractivity contribution in [2.24, 2.45) is 11.1 Å². The predicted molar refractivity (Wildman–Crippen MR) is 85.9 cm³/mol. The Kier molecular flexibility index (Phi) is 5.00. The lowest BCUT2D eigenvalue weighted by Crippen LogP contribution is -2.37. The molecule has 1 saturated carbocycles. The Bertz CT molecular complexity index is 607. The van der Waals surface area contributed by atoms with Gasteiger partial charge >= 0.3 is 12.1 Å². The molecular weight excluding hydrogens is 319 g/mol. The highest BCUT2D eigenvalue weighted by molar-refractivity contribution is 5.73. The van der Waals surface area contributed by atoms with Crippen LogP contribution in [0.2, 0.25) is 0 Å². The molecule has 0 aromatic heterocycles. The fourth-order valence-corrected chi connectivity index (χ4v) is 3.98. The van der Waals surface area contributed by atoms with Crippen molar-refractivity contribution in [2.45, 2.75) is 57.0 Å². The van der Waals surface area contributed by atoms with Gasteiger partial charge in [-0.2, -0.15) is 13.2 Å². The Morgan fingerprint density at radius 2 is 1.83 bits per heavy atom. The molecule has 1 atom stereocenters. The molecule has 3 rings (SSSR count). The van der Waals surface area contributed by atoms with Crippen LogP contribution in [0.1, 0.15) is 56.6 Å². The first kappa shape index (κ1) is 18.8. The summed E-state index contributed by atoms with van der Waals surface area (Å²) in [4.78, 5) is 8.90. The fourth-order valence-electron chi connectivity index (χ4n) is 3.98. The first-order valence-electron chi connectivity index (χ1n) is 8.15. The normalized spacial score (nSPS) is 23.0. The molecule has 2 aliphatic rings. The van der Waals surface area contributed by atoms with E-state index in [1.165, 1.54) is 19.3 Å². The molecular formula is C18H24F3NO2. The van der Waals surface area contributed by atoms with Gasteiger partial charge in [-0.05, 0) is 60.1 Å². The van der Waals surface area contributed by atoms with E-state index in [0.29, 0.717) is 16.7 Å². The van der Waals surface area contributed by atoms with Crippen LogP contribution in [0, 0.1) is 5.41 Å². The zero-order valence-corrected chi connectivity index (χ0v) is 14.0. The van der Waals surface area contributed by atoms with E-state index in [4.69, 9.17) is 15.6 Å². The molecule has 2 aliphatic carbocycles. The van der Waals surface area contributed by atoms with E-state index in [1.807, 2.05) is 0 Å². The molecule has 24 heavy (non-hydrogen) atoms. The lowest BCUT2D eigenvalue weighted by Gasteiger charge is -2.45. The van der Waals surface area contributed by atoms with Gasteiger partial charge in [-0.1, -0.05) is 38.1 Å². The number of hydrogen-bond acceptors (Lipinski definition) is 2. The average molecular weight is 343 g/mol. The smallest absolute Gasteiger partial charge is 0.475 e. The molecule has 0 amide bonds. The Labute approximate surface area is 140 Å². The van der Waals surface area contributed by atoms with Gasteiger partial charge in [-0.15, -0.1) is 0 Å². The number of carbonyl (C=O) groups is 1. The van der Waals surface area contributed by atoms with Crippen molar-refractivity contribution in [3.8, 4) is 0 Å². The molecule has 1 aromatic carbocycles. The van der Waals surface area contributed by atoms with Crippen molar-refractivity contribution in [1.82, 2.24) is 0 Å². The van der Waals surface area contributed by atoms with Crippen LogP contribution in [-0.2, 0) is 10.2 Å². The van der Waals surface area contributed by atoms with Gasteiger partial charge in [0.25, 0.3) is 0 Å². The summed E-state index contributed by atoms with van der Waals surface area (Å²) in [5.41, 5.74) is 9.89.